The lowest BCUT2D eigenvalue weighted by molar-refractivity contribution is 0.362. The molecule has 0 spiro atoms. The molecule has 1 saturated heterocycles. The molecule has 1 atom stereocenters. The number of halogens is 1. The smallest absolute Gasteiger partial charge is 0.315 e. The molecule has 80 valence electrons. The lowest BCUT2D eigenvalue weighted by atomic mass is 10.1. The fraction of sp³-hybridized carbons (Fsp3) is 0.667. The molecule has 5 heteroatoms. The first kappa shape index (κ1) is 11.3. The maximum atomic E-state index is 11.6. The molecule has 0 aromatic carbocycles. The lowest BCUT2D eigenvalue weighted by Crippen LogP contribution is -2.36. The molecule has 0 bridgehead atoms. The highest BCUT2D eigenvalue weighted by Crippen LogP contribution is 2.13. The van der Waals surface area contributed by atoms with E-state index in [9.17, 15) is 4.79 Å². The molecule has 0 radical (unpaired) electrons. The molecule has 1 aromatic rings. The molecular weight excluding hydrogens is 202 g/mol. The number of piperidine rings is 1. The molecule has 0 amide bonds. The molecular formula is C9H16ClN3O. The largest absolute Gasteiger partial charge is 0.328 e. The van der Waals surface area contributed by atoms with Crippen molar-refractivity contribution in [1.29, 1.82) is 0 Å². The number of nitrogens with zero attached hydrogens (tertiary/aromatic N) is 2. The minimum atomic E-state index is 0. The van der Waals surface area contributed by atoms with E-state index >= 15 is 0 Å². The summed E-state index contributed by atoms with van der Waals surface area (Å²) in [6, 6.07) is 0.349. The van der Waals surface area contributed by atoms with Crippen LogP contribution in [0.15, 0.2) is 17.2 Å². The Balaban J connectivity index is 0.000000980. The van der Waals surface area contributed by atoms with Crippen LogP contribution < -0.4 is 11.0 Å². The lowest BCUT2D eigenvalue weighted by Gasteiger charge is -2.23. The van der Waals surface area contributed by atoms with Gasteiger partial charge in [-0.25, -0.2) is 4.79 Å². The summed E-state index contributed by atoms with van der Waals surface area (Å²) in [6.45, 7) is 2.00. The van der Waals surface area contributed by atoms with Gasteiger partial charge in [-0.15, -0.1) is 12.4 Å². The van der Waals surface area contributed by atoms with Crippen LogP contribution in [0, 0.1) is 0 Å². The first-order valence-electron chi connectivity index (χ1n) is 4.73. The Morgan fingerprint density at radius 3 is 2.79 bits per heavy atom. The van der Waals surface area contributed by atoms with Crippen molar-refractivity contribution in [2.75, 3.05) is 13.1 Å². The first-order valence-corrected chi connectivity index (χ1v) is 4.73. The third-order valence-electron chi connectivity index (χ3n) is 2.64. The molecule has 0 unspecified atom stereocenters. The predicted octanol–water partition coefficient (Wildman–Crippen LogP) is 0.533. The number of imidazole rings is 1. The quantitative estimate of drug-likeness (QED) is 0.746. The standard InChI is InChI=1S/C9H15N3O.ClH/c1-11-5-6-12(9(11)13)8-3-2-4-10-7-8;/h5-6,8,10H,2-4,7H2,1H3;1H/t8-;/m1./s1. The van der Waals surface area contributed by atoms with Crippen molar-refractivity contribution in [1.82, 2.24) is 14.5 Å². The van der Waals surface area contributed by atoms with Crippen molar-refractivity contribution >= 4 is 12.4 Å². The summed E-state index contributed by atoms with van der Waals surface area (Å²) < 4.78 is 3.45. The average molecular weight is 218 g/mol. The summed E-state index contributed by atoms with van der Waals surface area (Å²) in [5.41, 5.74) is 0.0914. The summed E-state index contributed by atoms with van der Waals surface area (Å²) in [6.07, 6.45) is 5.96. The van der Waals surface area contributed by atoms with Crippen LogP contribution in [0.2, 0.25) is 0 Å². The van der Waals surface area contributed by atoms with Crippen LogP contribution in [-0.2, 0) is 7.05 Å². The van der Waals surface area contributed by atoms with Gasteiger partial charge in [-0.2, -0.15) is 0 Å². The van der Waals surface area contributed by atoms with Gasteiger partial charge in [0, 0.05) is 26.0 Å². The molecule has 2 heterocycles. The molecule has 4 nitrogen and oxygen atoms in total. The summed E-state index contributed by atoms with van der Waals surface area (Å²) in [7, 11) is 1.79. The molecule has 0 aliphatic carbocycles. The second-order valence-electron chi connectivity index (χ2n) is 3.60. The van der Waals surface area contributed by atoms with Crippen molar-refractivity contribution in [3.63, 3.8) is 0 Å². The molecule has 2 rings (SSSR count). The minimum Gasteiger partial charge on any atom is -0.315 e. The van der Waals surface area contributed by atoms with E-state index in [-0.39, 0.29) is 18.1 Å². The highest BCUT2D eigenvalue weighted by molar-refractivity contribution is 5.85. The van der Waals surface area contributed by atoms with Crippen LogP contribution in [0.1, 0.15) is 18.9 Å². The number of rotatable bonds is 1. The van der Waals surface area contributed by atoms with Crippen LogP contribution in [0.25, 0.3) is 0 Å². The third kappa shape index (κ3) is 2.01. The van der Waals surface area contributed by atoms with Crippen molar-refractivity contribution in [2.45, 2.75) is 18.9 Å². The number of hydrogen-bond donors (Lipinski definition) is 1. The van der Waals surface area contributed by atoms with Gasteiger partial charge in [0.25, 0.3) is 0 Å². The van der Waals surface area contributed by atoms with Crippen LogP contribution in [0.3, 0.4) is 0 Å². The fourth-order valence-electron chi connectivity index (χ4n) is 1.83. The molecule has 1 N–H and O–H groups in total. The zero-order valence-corrected chi connectivity index (χ0v) is 9.09. The Kier molecular flexibility index (Phi) is 3.77. The number of aryl methyl sites for hydroxylation is 1. The molecule has 0 saturated carbocycles. The van der Waals surface area contributed by atoms with E-state index in [2.05, 4.69) is 5.32 Å². The van der Waals surface area contributed by atoms with E-state index in [0.717, 1.165) is 25.9 Å². The molecule has 1 aromatic heterocycles. The van der Waals surface area contributed by atoms with Gasteiger partial charge in [0.15, 0.2) is 0 Å². The number of hydrogen-bond acceptors (Lipinski definition) is 2. The number of nitrogens with one attached hydrogen (secondary N) is 1. The van der Waals surface area contributed by atoms with Crippen molar-refractivity contribution in [3.8, 4) is 0 Å². The molecule has 14 heavy (non-hydrogen) atoms. The fourth-order valence-corrected chi connectivity index (χ4v) is 1.83. The normalized spacial score (nSPS) is 21.6. The van der Waals surface area contributed by atoms with Crippen LogP contribution >= 0.6 is 12.4 Å². The van der Waals surface area contributed by atoms with E-state index in [1.807, 2.05) is 17.0 Å². The summed E-state index contributed by atoms with van der Waals surface area (Å²) >= 11 is 0. The minimum absolute atomic E-state index is 0. The zero-order valence-electron chi connectivity index (χ0n) is 8.27. The van der Waals surface area contributed by atoms with Gasteiger partial charge in [-0.1, -0.05) is 0 Å². The Morgan fingerprint density at radius 1 is 1.50 bits per heavy atom. The highest BCUT2D eigenvalue weighted by Gasteiger charge is 2.16. The van der Waals surface area contributed by atoms with E-state index in [0.29, 0.717) is 6.04 Å². The number of aromatic nitrogens is 2. The Hall–Kier alpha value is -0.740. The summed E-state index contributed by atoms with van der Waals surface area (Å²) in [4.78, 5) is 11.6. The van der Waals surface area contributed by atoms with Gasteiger partial charge in [-0.3, -0.25) is 4.57 Å². The Bertz CT molecular complexity index is 338. The second kappa shape index (κ2) is 4.66. The van der Waals surface area contributed by atoms with Gasteiger partial charge in [0.1, 0.15) is 0 Å². The summed E-state index contributed by atoms with van der Waals surface area (Å²) in [5, 5.41) is 3.30. The van der Waals surface area contributed by atoms with Gasteiger partial charge in [0.05, 0.1) is 6.04 Å². The SMILES string of the molecule is Cl.Cn1ccn([C@@H]2CCCNC2)c1=O. The van der Waals surface area contributed by atoms with Crippen molar-refractivity contribution in [2.24, 2.45) is 7.05 Å². The van der Waals surface area contributed by atoms with Gasteiger partial charge in [-0.05, 0) is 19.4 Å². The second-order valence-corrected chi connectivity index (χ2v) is 3.60. The monoisotopic (exact) mass is 217 g/mol. The van der Waals surface area contributed by atoms with E-state index in [1.165, 1.54) is 0 Å². The Labute approximate surface area is 89.3 Å². The summed E-state index contributed by atoms with van der Waals surface area (Å²) in [5.74, 6) is 0. The van der Waals surface area contributed by atoms with Gasteiger partial charge in [0.2, 0.25) is 0 Å². The van der Waals surface area contributed by atoms with Gasteiger partial charge < -0.3 is 9.88 Å². The van der Waals surface area contributed by atoms with Gasteiger partial charge >= 0.3 is 5.69 Å². The van der Waals surface area contributed by atoms with Crippen LogP contribution in [0.5, 0.6) is 0 Å². The van der Waals surface area contributed by atoms with Crippen LogP contribution in [0.4, 0.5) is 0 Å². The third-order valence-corrected chi connectivity index (χ3v) is 2.64. The zero-order chi connectivity index (χ0) is 9.26. The van der Waals surface area contributed by atoms with E-state index in [1.54, 1.807) is 11.6 Å². The predicted molar refractivity (Wildman–Crippen MR) is 58.1 cm³/mol. The van der Waals surface area contributed by atoms with Crippen molar-refractivity contribution < 1.29 is 0 Å². The Morgan fingerprint density at radius 2 is 2.29 bits per heavy atom. The average Bonchev–Trinajstić information content (AvgIpc) is 2.49. The topological polar surface area (TPSA) is 39.0 Å². The van der Waals surface area contributed by atoms with E-state index < -0.39 is 0 Å². The van der Waals surface area contributed by atoms with Crippen molar-refractivity contribution in [3.05, 3.63) is 22.9 Å². The first-order chi connectivity index (χ1) is 6.29. The van der Waals surface area contributed by atoms with Crippen LogP contribution in [-0.4, -0.2) is 22.2 Å². The highest BCUT2D eigenvalue weighted by atomic mass is 35.5. The molecule has 1 aliphatic heterocycles. The van der Waals surface area contributed by atoms with E-state index in [4.69, 9.17) is 0 Å². The molecule has 1 fully saturated rings. The maximum Gasteiger partial charge on any atom is 0.328 e. The molecule has 1 aliphatic rings. The maximum absolute atomic E-state index is 11.6.